The van der Waals surface area contributed by atoms with Gasteiger partial charge in [-0.2, -0.15) is 5.10 Å². The molecule has 9 nitrogen and oxygen atoms in total. The fourth-order valence-corrected chi connectivity index (χ4v) is 3.31. The second kappa shape index (κ2) is 7.71. The van der Waals surface area contributed by atoms with Gasteiger partial charge in [-0.3, -0.25) is 9.89 Å². The number of hydrogen-bond donors (Lipinski definition) is 4. The fourth-order valence-electron chi connectivity index (χ4n) is 2.57. The van der Waals surface area contributed by atoms with E-state index in [1.54, 1.807) is 16.6 Å². The fraction of sp³-hybridized carbons (Fsp3) is 0.111. The predicted octanol–water partition coefficient (Wildman–Crippen LogP) is 2.59. The van der Waals surface area contributed by atoms with Crippen LogP contribution in [-0.4, -0.2) is 42.4 Å². The van der Waals surface area contributed by atoms with Crippen molar-refractivity contribution in [2.45, 2.75) is 17.0 Å². The number of aliphatic hydroxyl groups excluding tert-OH is 1. The van der Waals surface area contributed by atoms with Gasteiger partial charge in [-0.25, -0.2) is 9.50 Å². The molecule has 0 aliphatic rings. The van der Waals surface area contributed by atoms with Gasteiger partial charge in [0.25, 0.3) is 0 Å². The van der Waals surface area contributed by atoms with E-state index in [1.807, 2.05) is 43.5 Å². The molecule has 142 valence electrons. The lowest BCUT2D eigenvalue weighted by Gasteiger charge is -2.08. The summed E-state index contributed by atoms with van der Waals surface area (Å²) in [5.74, 6) is 0.881. The molecule has 1 aromatic carbocycles. The number of carbonyl (C=O) groups excluding carboxylic acids is 1. The lowest BCUT2D eigenvalue weighted by molar-refractivity contribution is -0.118. The quantitative estimate of drug-likeness (QED) is 0.396. The lowest BCUT2D eigenvalue weighted by Crippen LogP contribution is -2.15. The maximum Gasteiger partial charge on any atom is 0.250 e. The molecule has 0 atom stereocenters. The Morgan fingerprint density at radius 1 is 1.29 bits per heavy atom. The van der Waals surface area contributed by atoms with Crippen LogP contribution in [0.25, 0.3) is 5.52 Å². The molecule has 1 amide bonds. The highest BCUT2D eigenvalue weighted by atomic mass is 32.2. The number of aromatic amines is 1. The van der Waals surface area contributed by atoms with Gasteiger partial charge in [0.15, 0.2) is 11.6 Å². The van der Waals surface area contributed by atoms with Gasteiger partial charge in [0, 0.05) is 28.5 Å². The molecule has 0 fully saturated rings. The van der Waals surface area contributed by atoms with Gasteiger partial charge in [-0.15, -0.1) is 5.10 Å². The van der Waals surface area contributed by atoms with Gasteiger partial charge in [-0.1, -0.05) is 0 Å². The second-order valence-electron chi connectivity index (χ2n) is 5.97. The zero-order valence-corrected chi connectivity index (χ0v) is 15.7. The molecule has 3 aromatic heterocycles. The van der Waals surface area contributed by atoms with Crippen LogP contribution in [0.5, 0.6) is 0 Å². The first-order valence-corrected chi connectivity index (χ1v) is 9.25. The Morgan fingerprint density at radius 2 is 2.11 bits per heavy atom. The molecule has 0 spiro atoms. The van der Waals surface area contributed by atoms with E-state index in [0.717, 1.165) is 16.1 Å². The molecule has 10 heteroatoms. The molecule has 0 aliphatic heterocycles. The molecular formula is C18H17N7O2S. The number of carbonyl (C=O) groups is 1. The molecule has 3 heterocycles. The topological polar surface area (TPSA) is 120 Å². The van der Waals surface area contributed by atoms with Crippen molar-refractivity contribution < 1.29 is 9.90 Å². The number of aryl methyl sites for hydroxylation is 1. The molecule has 0 radical (unpaired) electrons. The van der Waals surface area contributed by atoms with Crippen LogP contribution >= 0.6 is 11.8 Å². The number of amides is 1. The van der Waals surface area contributed by atoms with E-state index in [1.165, 1.54) is 11.8 Å². The number of rotatable bonds is 6. The van der Waals surface area contributed by atoms with Gasteiger partial charge in [0.05, 0.1) is 0 Å². The van der Waals surface area contributed by atoms with Gasteiger partial charge >= 0.3 is 0 Å². The minimum absolute atomic E-state index is 0.453. The van der Waals surface area contributed by atoms with Crippen molar-refractivity contribution in [2.75, 3.05) is 17.2 Å². The van der Waals surface area contributed by atoms with Crippen molar-refractivity contribution in [3.63, 3.8) is 0 Å². The van der Waals surface area contributed by atoms with Crippen LogP contribution in [0, 0.1) is 6.92 Å². The van der Waals surface area contributed by atoms with E-state index in [2.05, 4.69) is 30.9 Å². The highest BCUT2D eigenvalue weighted by Gasteiger charge is 2.11. The molecule has 4 N–H and O–H groups in total. The van der Waals surface area contributed by atoms with Gasteiger partial charge in [-0.05, 0) is 55.1 Å². The third-order valence-electron chi connectivity index (χ3n) is 3.81. The molecule has 4 aromatic rings. The van der Waals surface area contributed by atoms with Crippen LogP contribution in [0.2, 0.25) is 0 Å². The number of H-pyrrole nitrogens is 1. The van der Waals surface area contributed by atoms with Crippen molar-refractivity contribution in [1.29, 1.82) is 0 Å². The number of nitrogens with one attached hydrogen (secondary N) is 3. The Bertz CT molecular complexity index is 1120. The predicted molar refractivity (Wildman–Crippen MR) is 106 cm³/mol. The molecule has 0 saturated heterocycles. The minimum Gasteiger partial charge on any atom is -0.387 e. The standard InChI is InChI=1S/C18H17N7O2S/c1-11-9-15(23-22-11)20-17-14-3-2-8-25(14)24-18(21-17)28-13-6-4-12(5-7-13)19-16(27)10-26/h2-9,26H,10H2,1H3,(H,19,27)(H2,20,21,22,23,24). The molecule has 0 saturated carbocycles. The summed E-state index contributed by atoms with van der Waals surface area (Å²) in [6.07, 6.45) is 1.86. The Labute approximate surface area is 164 Å². The number of fused-ring (bicyclic) bond motifs is 1. The SMILES string of the molecule is Cc1cc(Nc2nc(Sc3ccc(NC(=O)CO)cc3)nn3cccc23)n[nH]1. The largest absolute Gasteiger partial charge is 0.387 e. The van der Waals surface area contributed by atoms with Crippen LogP contribution in [0.15, 0.2) is 58.7 Å². The number of anilines is 3. The van der Waals surface area contributed by atoms with Crippen molar-refractivity contribution in [1.82, 2.24) is 24.8 Å². The molecule has 28 heavy (non-hydrogen) atoms. The average Bonchev–Trinajstić information content (AvgIpc) is 3.32. The highest BCUT2D eigenvalue weighted by Crippen LogP contribution is 2.28. The minimum atomic E-state index is -0.549. The van der Waals surface area contributed by atoms with E-state index in [-0.39, 0.29) is 0 Å². The first-order valence-electron chi connectivity index (χ1n) is 8.44. The summed E-state index contributed by atoms with van der Waals surface area (Å²) in [4.78, 5) is 16.8. The monoisotopic (exact) mass is 395 g/mol. The van der Waals surface area contributed by atoms with E-state index in [9.17, 15) is 4.79 Å². The summed E-state index contributed by atoms with van der Waals surface area (Å²) >= 11 is 1.40. The maximum atomic E-state index is 11.2. The third kappa shape index (κ3) is 3.97. The lowest BCUT2D eigenvalue weighted by atomic mass is 10.3. The second-order valence-corrected chi connectivity index (χ2v) is 7.02. The van der Waals surface area contributed by atoms with Gasteiger partial charge in [0.2, 0.25) is 11.1 Å². The Morgan fingerprint density at radius 3 is 2.82 bits per heavy atom. The van der Waals surface area contributed by atoms with Crippen molar-refractivity contribution in [3.8, 4) is 0 Å². The smallest absolute Gasteiger partial charge is 0.250 e. The first kappa shape index (κ1) is 18.0. The molecule has 0 bridgehead atoms. The van der Waals surface area contributed by atoms with Gasteiger partial charge < -0.3 is 15.7 Å². The van der Waals surface area contributed by atoms with E-state index >= 15 is 0 Å². The summed E-state index contributed by atoms with van der Waals surface area (Å²) in [6, 6.07) is 12.9. The number of nitrogens with zero attached hydrogens (tertiary/aromatic N) is 4. The molecule has 4 rings (SSSR count). The Kier molecular flexibility index (Phi) is 4.96. The number of benzene rings is 1. The van der Waals surface area contributed by atoms with Crippen molar-refractivity contribution >= 4 is 40.5 Å². The number of aliphatic hydroxyl groups is 1. The molecule has 0 unspecified atom stereocenters. The highest BCUT2D eigenvalue weighted by molar-refractivity contribution is 7.99. The Hall–Kier alpha value is -3.37. The zero-order valence-electron chi connectivity index (χ0n) is 14.9. The first-order chi connectivity index (χ1) is 13.6. The number of aromatic nitrogens is 5. The van der Waals surface area contributed by atoms with Crippen LogP contribution in [0.3, 0.4) is 0 Å². The maximum absolute atomic E-state index is 11.2. The van der Waals surface area contributed by atoms with E-state index in [4.69, 9.17) is 5.11 Å². The summed E-state index contributed by atoms with van der Waals surface area (Å²) in [7, 11) is 0. The summed E-state index contributed by atoms with van der Waals surface area (Å²) in [5, 5.41) is 26.8. The van der Waals surface area contributed by atoms with Crippen LogP contribution in [-0.2, 0) is 4.79 Å². The average molecular weight is 395 g/mol. The molecule has 0 aliphatic carbocycles. The van der Waals surface area contributed by atoms with Crippen LogP contribution < -0.4 is 10.6 Å². The zero-order chi connectivity index (χ0) is 19.5. The van der Waals surface area contributed by atoms with E-state index in [0.29, 0.717) is 22.5 Å². The van der Waals surface area contributed by atoms with E-state index < -0.39 is 12.5 Å². The summed E-state index contributed by atoms with van der Waals surface area (Å²) in [6.45, 7) is 1.38. The van der Waals surface area contributed by atoms with Crippen molar-refractivity contribution in [3.05, 3.63) is 54.4 Å². The Balaban J connectivity index is 1.57. The van der Waals surface area contributed by atoms with Gasteiger partial charge in [0.1, 0.15) is 12.1 Å². The van der Waals surface area contributed by atoms with Crippen LogP contribution in [0.1, 0.15) is 5.69 Å². The number of hydrogen-bond acceptors (Lipinski definition) is 7. The van der Waals surface area contributed by atoms with Crippen LogP contribution in [0.4, 0.5) is 17.3 Å². The van der Waals surface area contributed by atoms with Crippen molar-refractivity contribution in [2.24, 2.45) is 0 Å². The summed E-state index contributed by atoms with van der Waals surface area (Å²) in [5.41, 5.74) is 2.40. The third-order valence-corrected chi connectivity index (χ3v) is 4.68. The molecular weight excluding hydrogens is 378 g/mol. The normalized spacial score (nSPS) is 10.9. The summed E-state index contributed by atoms with van der Waals surface area (Å²) < 4.78 is 1.76.